The highest BCUT2D eigenvalue weighted by Gasteiger charge is 2.50. The standard InChI is InChI=1S/C11H12F3O6P/c1-17-21(16,18-2)9(15)6-3-4-7-8(5-6)20-11(13,14)10(12)19-7/h3-5,9-10,15H,1-2H3. The fourth-order valence-corrected chi connectivity index (χ4v) is 2.77. The van der Waals surface area contributed by atoms with Gasteiger partial charge in [0.25, 0.3) is 0 Å². The molecule has 1 aliphatic rings. The summed E-state index contributed by atoms with van der Waals surface area (Å²) < 4.78 is 68.9. The third-order valence-electron chi connectivity index (χ3n) is 2.82. The number of aliphatic hydroxyl groups is 1. The zero-order valence-electron chi connectivity index (χ0n) is 11.0. The lowest BCUT2D eigenvalue weighted by molar-refractivity contribution is -0.281. The van der Waals surface area contributed by atoms with Crippen molar-refractivity contribution in [3.05, 3.63) is 23.8 Å². The molecule has 6 nitrogen and oxygen atoms in total. The molecule has 2 atom stereocenters. The third kappa shape index (κ3) is 2.87. The Labute approximate surface area is 117 Å². The normalized spacial score (nSPS) is 21.9. The van der Waals surface area contributed by atoms with Crippen molar-refractivity contribution in [1.82, 2.24) is 0 Å². The number of halogens is 3. The van der Waals surface area contributed by atoms with Crippen molar-refractivity contribution in [3.63, 3.8) is 0 Å². The first-order valence-corrected chi connectivity index (χ1v) is 7.25. The van der Waals surface area contributed by atoms with Crippen LogP contribution in [0.25, 0.3) is 0 Å². The first kappa shape index (κ1) is 16.1. The predicted octanol–water partition coefficient (Wildman–Crippen LogP) is 2.82. The van der Waals surface area contributed by atoms with E-state index >= 15 is 0 Å². The summed E-state index contributed by atoms with van der Waals surface area (Å²) in [6.07, 6.45) is -7.10. The van der Waals surface area contributed by atoms with Crippen molar-refractivity contribution in [3.8, 4) is 11.5 Å². The zero-order valence-corrected chi connectivity index (χ0v) is 11.9. The maximum absolute atomic E-state index is 13.1. The van der Waals surface area contributed by atoms with Gasteiger partial charge in [-0.1, -0.05) is 6.07 Å². The van der Waals surface area contributed by atoms with Crippen LogP contribution < -0.4 is 9.47 Å². The maximum atomic E-state index is 13.1. The summed E-state index contributed by atoms with van der Waals surface area (Å²) in [4.78, 5) is 0. The fourth-order valence-electron chi connectivity index (χ4n) is 1.69. The van der Waals surface area contributed by atoms with E-state index in [0.717, 1.165) is 26.4 Å². The molecule has 0 saturated heterocycles. The Morgan fingerprint density at radius 2 is 1.95 bits per heavy atom. The van der Waals surface area contributed by atoms with Gasteiger partial charge in [-0.3, -0.25) is 4.57 Å². The Morgan fingerprint density at radius 1 is 1.33 bits per heavy atom. The minimum atomic E-state index is -4.16. The number of hydrogen-bond acceptors (Lipinski definition) is 6. The van der Waals surface area contributed by atoms with Crippen LogP contribution in [0, 0.1) is 0 Å². The molecule has 0 fully saturated rings. The lowest BCUT2D eigenvalue weighted by Gasteiger charge is -2.29. The van der Waals surface area contributed by atoms with E-state index in [1.165, 1.54) is 6.07 Å². The van der Waals surface area contributed by atoms with E-state index < -0.39 is 31.7 Å². The molecule has 2 unspecified atom stereocenters. The highest BCUT2D eigenvalue weighted by atomic mass is 31.2. The number of aliphatic hydroxyl groups excluding tert-OH is 1. The van der Waals surface area contributed by atoms with Gasteiger partial charge >= 0.3 is 20.1 Å². The summed E-state index contributed by atoms with van der Waals surface area (Å²) in [7, 11) is -1.75. The van der Waals surface area contributed by atoms with Gasteiger partial charge in [-0.15, -0.1) is 0 Å². The number of rotatable bonds is 4. The summed E-state index contributed by atoms with van der Waals surface area (Å²) in [5.74, 6) is -2.49. The average molecular weight is 328 g/mol. The Balaban J connectivity index is 2.36. The van der Waals surface area contributed by atoms with Gasteiger partial charge in [0.05, 0.1) is 0 Å². The second-order valence-corrected chi connectivity index (χ2v) is 6.38. The van der Waals surface area contributed by atoms with Crippen LogP contribution in [0.4, 0.5) is 13.2 Å². The monoisotopic (exact) mass is 328 g/mol. The van der Waals surface area contributed by atoms with Crippen LogP contribution in [0.2, 0.25) is 0 Å². The van der Waals surface area contributed by atoms with E-state index in [0.29, 0.717) is 0 Å². The Morgan fingerprint density at radius 3 is 2.52 bits per heavy atom. The first-order chi connectivity index (χ1) is 9.73. The molecular formula is C11H12F3O6P. The molecule has 1 aromatic carbocycles. The molecule has 1 aliphatic heterocycles. The molecule has 10 heteroatoms. The third-order valence-corrected chi connectivity index (χ3v) is 4.73. The van der Waals surface area contributed by atoms with Crippen molar-refractivity contribution in [2.24, 2.45) is 0 Å². The molecule has 0 aromatic heterocycles. The predicted molar refractivity (Wildman–Crippen MR) is 64.1 cm³/mol. The van der Waals surface area contributed by atoms with E-state index in [4.69, 9.17) is 0 Å². The second-order valence-electron chi connectivity index (χ2n) is 4.08. The quantitative estimate of drug-likeness (QED) is 0.857. The highest BCUT2D eigenvalue weighted by molar-refractivity contribution is 7.53. The lowest BCUT2D eigenvalue weighted by atomic mass is 10.2. The van der Waals surface area contributed by atoms with Gasteiger partial charge in [0, 0.05) is 14.2 Å². The van der Waals surface area contributed by atoms with Crippen LogP contribution in [-0.2, 0) is 13.6 Å². The van der Waals surface area contributed by atoms with Gasteiger partial charge < -0.3 is 23.6 Å². The smallest absolute Gasteiger partial charge is 0.447 e. The molecule has 1 heterocycles. The van der Waals surface area contributed by atoms with Gasteiger partial charge in [0.15, 0.2) is 17.3 Å². The summed E-state index contributed by atoms with van der Waals surface area (Å²) in [5, 5.41) is 9.95. The van der Waals surface area contributed by atoms with Crippen LogP contribution >= 0.6 is 7.60 Å². The van der Waals surface area contributed by atoms with E-state index in [2.05, 4.69) is 18.5 Å². The SMILES string of the molecule is COP(=O)(OC)C(O)c1ccc2c(c1)OC(F)(F)C(F)O2. The van der Waals surface area contributed by atoms with Crippen molar-refractivity contribution in [2.45, 2.75) is 18.3 Å². The molecule has 1 N–H and O–H groups in total. The van der Waals surface area contributed by atoms with E-state index in [1.54, 1.807) is 0 Å². The summed E-state index contributed by atoms with van der Waals surface area (Å²) >= 11 is 0. The van der Waals surface area contributed by atoms with Gasteiger partial charge in [0.1, 0.15) is 0 Å². The molecule has 0 bridgehead atoms. The molecule has 0 saturated carbocycles. The van der Waals surface area contributed by atoms with Crippen molar-refractivity contribution in [1.29, 1.82) is 0 Å². The maximum Gasteiger partial charge on any atom is 0.468 e. The zero-order chi connectivity index (χ0) is 15.8. The number of benzene rings is 1. The minimum absolute atomic E-state index is 0.0718. The number of ether oxygens (including phenoxy) is 2. The molecule has 118 valence electrons. The van der Waals surface area contributed by atoms with Crippen LogP contribution in [0.3, 0.4) is 0 Å². The van der Waals surface area contributed by atoms with Gasteiger partial charge in [-0.05, 0) is 17.7 Å². The fraction of sp³-hybridized carbons (Fsp3) is 0.455. The molecule has 1 aromatic rings. The van der Waals surface area contributed by atoms with Gasteiger partial charge in [-0.2, -0.15) is 13.2 Å². The van der Waals surface area contributed by atoms with Crippen LogP contribution in [0.1, 0.15) is 11.4 Å². The molecule has 21 heavy (non-hydrogen) atoms. The Bertz CT molecular complexity index is 573. The molecule has 0 aliphatic carbocycles. The van der Waals surface area contributed by atoms with Crippen LogP contribution in [0.5, 0.6) is 11.5 Å². The highest BCUT2D eigenvalue weighted by Crippen LogP contribution is 2.59. The van der Waals surface area contributed by atoms with E-state index in [1.807, 2.05) is 0 Å². The van der Waals surface area contributed by atoms with E-state index in [9.17, 15) is 22.8 Å². The van der Waals surface area contributed by atoms with Gasteiger partial charge in [0.2, 0.25) is 0 Å². The van der Waals surface area contributed by atoms with Crippen molar-refractivity contribution in [2.75, 3.05) is 14.2 Å². The number of fused-ring (bicyclic) bond motifs is 1. The molecule has 2 rings (SSSR count). The van der Waals surface area contributed by atoms with Crippen LogP contribution in [0.15, 0.2) is 18.2 Å². The van der Waals surface area contributed by atoms with Gasteiger partial charge in [-0.25, -0.2) is 0 Å². The molecule has 0 radical (unpaired) electrons. The van der Waals surface area contributed by atoms with Crippen LogP contribution in [-0.4, -0.2) is 31.8 Å². The number of alkyl halides is 3. The lowest BCUT2D eigenvalue weighted by Crippen LogP contribution is -2.43. The Kier molecular flexibility index (Phi) is 4.21. The van der Waals surface area contributed by atoms with Crippen molar-refractivity contribution < 1.29 is 41.4 Å². The Hall–Kier alpha value is -1.28. The molecular weight excluding hydrogens is 316 g/mol. The topological polar surface area (TPSA) is 74.2 Å². The second kappa shape index (κ2) is 5.49. The first-order valence-electron chi connectivity index (χ1n) is 5.64. The summed E-state index contributed by atoms with van der Waals surface area (Å²) in [6, 6.07) is 3.25. The minimum Gasteiger partial charge on any atom is -0.447 e. The summed E-state index contributed by atoms with van der Waals surface area (Å²) in [5.41, 5.74) is -0.0718. The van der Waals surface area contributed by atoms with Crippen molar-refractivity contribution >= 4 is 7.60 Å². The molecule has 0 spiro atoms. The summed E-state index contributed by atoms with van der Waals surface area (Å²) in [6.45, 7) is 0. The number of hydrogen-bond donors (Lipinski definition) is 1. The average Bonchev–Trinajstić information content (AvgIpc) is 2.46. The van der Waals surface area contributed by atoms with E-state index in [-0.39, 0.29) is 11.3 Å². The largest absolute Gasteiger partial charge is 0.468 e. The molecule has 0 amide bonds.